The second-order valence-electron chi connectivity index (χ2n) is 6.37. The molecule has 0 saturated heterocycles. The van der Waals surface area contributed by atoms with Gasteiger partial charge in [-0.2, -0.15) is 4.98 Å². The van der Waals surface area contributed by atoms with Gasteiger partial charge in [-0.05, 0) is 24.3 Å². The van der Waals surface area contributed by atoms with Gasteiger partial charge >= 0.3 is 0 Å². The van der Waals surface area contributed by atoms with Crippen molar-refractivity contribution in [3.8, 4) is 5.69 Å². The van der Waals surface area contributed by atoms with Gasteiger partial charge in [0.2, 0.25) is 20.8 Å². The van der Waals surface area contributed by atoms with Crippen molar-refractivity contribution >= 4 is 37.7 Å². The number of sulfone groups is 1. The van der Waals surface area contributed by atoms with Gasteiger partial charge in [-0.25, -0.2) is 23.0 Å². The summed E-state index contributed by atoms with van der Waals surface area (Å²) in [4.78, 5) is 26.0. The summed E-state index contributed by atoms with van der Waals surface area (Å²) in [5.41, 5.74) is 1.85. The number of benzene rings is 2. The number of rotatable bonds is 2. The maximum atomic E-state index is 13.3. The van der Waals surface area contributed by atoms with Crippen molar-refractivity contribution in [1.29, 1.82) is 0 Å². The molecule has 0 unspecified atom stereocenters. The van der Waals surface area contributed by atoms with Gasteiger partial charge in [0.25, 0.3) is 5.56 Å². The molecule has 0 radical (unpaired) electrons. The zero-order chi connectivity index (χ0) is 19.5. The fourth-order valence-corrected chi connectivity index (χ4v) is 3.75. The monoisotopic (exact) mass is 391 g/mol. The molecule has 2 aromatic carbocycles. The molecule has 8 nitrogen and oxygen atoms in total. The van der Waals surface area contributed by atoms with Crippen LogP contribution in [0, 0.1) is 0 Å². The number of imidazole rings is 1. The van der Waals surface area contributed by atoms with E-state index in [2.05, 4.69) is 15.0 Å². The Balaban J connectivity index is 2.08. The molecule has 0 atom stereocenters. The van der Waals surface area contributed by atoms with Gasteiger partial charge in [0.05, 0.1) is 16.7 Å². The molecule has 138 valence electrons. The second kappa shape index (κ2) is 5.70. The fourth-order valence-electron chi connectivity index (χ4n) is 3.25. The minimum Gasteiger partial charge on any atom is -0.268 e. The fraction of sp³-hybridized carbons (Fsp3) is 0.0526. The summed E-state index contributed by atoms with van der Waals surface area (Å²) in [6, 6.07) is 16.5. The van der Waals surface area contributed by atoms with Crippen LogP contribution >= 0.6 is 0 Å². The van der Waals surface area contributed by atoms with Crippen LogP contribution in [0.15, 0.2) is 70.7 Å². The maximum absolute atomic E-state index is 13.3. The van der Waals surface area contributed by atoms with E-state index in [1.807, 2.05) is 42.5 Å². The number of nitrogens with zero attached hydrogens (tertiary/aromatic N) is 5. The molecule has 9 heteroatoms. The first-order chi connectivity index (χ1) is 13.4. The van der Waals surface area contributed by atoms with Gasteiger partial charge in [-0.1, -0.05) is 30.3 Å². The molecule has 0 N–H and O–H groups in total. The van der Waals surface area contributed by atoms with Gasteiger partial charge in [0.15, 0.2) is 5.65 Å². The molecule has 0 bridgehead atoms. The Morgan fingerprint density at radius 2 is 1.64 bits per heavy atom. The SMILES string of the molecule is CS(=O)(=O)c1ncc2c(=O)n(-c3ccccc3)c3nc4ccccc4n3c2n1. The smallest absolute Gasteiger partial charge is 0.268 e. The van der Waals surface area contributed by atoms with E-state index >= 15 is 0 Å². The lowest BCUT2D eigenvalue weighted by Crippen LogP contribution is -2.23. The Labute approximate surface area is 158 Å². The quantitative estimate of drug-likeness (QED) is 0.427. The van der Waals surface area contributed by atoms with E-state index in [1.54, 1.807) is 16.5 Å². The predicted octanol–water partition coefficient (Wildman–Crippen LogP) is 1.99. The molecular weight excluding hydrogens is 378 g/mol. The zero-order valence-corrected chi connectivity index (χ0v) is 15.5. The van der Waals surface area contributed by atoms with Crippen LogP contribution in [-0.2, 0) is 9.84 Å². The molecule has 5 aromatic rings. The van der Waals surface area contributed by atoms with E-state index in [0.717, 1.165) is 6.26 Å². The minimum absolute atomic E-state index is 0.201. The van der Waals surface area contributed by atoms with E-state index in [0.29, 0.717) is 22.5 Å². The third-order valence-electron chi connectivity index (χ3n) is 4.48. The first-order valence-corrected chi connectivity index (χ1v) is 10.3. The van der Waals surface area contributed by atoms with E-state index in [-0.39, 0.29) is 21.7 Å². The number of aromatic nitrogens is 5. The summed E-state index contributed by atoms with van der Waals surface area (Å²) in [5, 5.41) is -0.136. The molecule has 3 aromatic heterocycles. The molecular formula is C19H13N5O3S. The van der Waals surface area contributed by atoms with E-state index in [9.17, 15) is 13.2 Å². The van der Waals surface area contributed by atoms with Crippen molar-refractivity contribution in [1.82, 2.24) is 23.9 Å². The summed E-state index contributed by atoms with van der Waals surface area (Å²) in [7, 11) is -3.64. The molecule has 0 aliphatic heterocycles. The largest absolute Gasteiger partial charge is 0.270 e. The standard InChI is InChI=1S/C19H13N5O3S/c1-28(26,27)18-20-11-13-16(22-18)24-15-10-6-5-9-14(15)21-19(24)23(17(13)25)12-7-3-2-4-8-12/h2-11H,1H3. The highest BCUT2D eigenvalue weighted by Crippen LogP contribution is 2.22. The molecule has 0 amide bonds. The van der Waals surface area contributed by atoms with Gasteiger partial charge < -0.3 is 0 Å². The Hall–Kier alpha value is -3.59. The molecule has 0 spiro atoms. The van der Waals surface area contributed by atoms with Crippen LogP contribution in [0.4, 0.5) is 0 Å². The van der Waals surface area contributed by atoms with Crippen LogP contribution in [0.5, 0.6) is 0 Å². The Kier molecular flexibility index (Phi) is 3.37. The van der Waals surface area contributed by atoms with Crippen molar-refractivity contribution in [2.75, 3.05) is 6.26 Å². The zero-order valence-electron chi connectivity index (χ0n) is 14.6. The third kappa shape index (κ3) is 2.33. The van der Waals surface area contributed by atoms with E-state index in [1.165, 1.54) is 10.8 Å². The number of hydrogen-bond donors (Lipinski definition) is 0. The molecule has 0 aliphatic rings. The summed E-state index contributed by atoms with van der Waals surface area (Å²) in [6.07, 6.45) is 2.29. The van der Waals surface area contributed by atoms with Crippen LogP contribution < -0.4 is 5.56 Å². The lowest BCUT2D eigenvalue weighted by Gasteiger charge is -2.11. The van der Waals surface area contributed by atoms with Crippen molar-refractivity contribution in [3.05, 3.63) is 71.1 Å². The van der Waals surface area contributed by atoms with Crippen molar-refractivity contribution in [2.45, 2.75) is 5.16 Å². The predicted molar refractivity (Wildman–Crippen MR) is 105 cm³/mol. The third-order valence-corrected chi connectivity index (χ3v) is 5.34. The van der Waals surface area contributed by atoms with Crippen molar-refractivity contribution in [2.24, 2.45) is 0 Å². The van der Waals surface area contributed by atoms with Gasteiger partial charge in [-0.15, -0.1) is 0 Å². The Bertz CT molecular complexity index is 1550. The first kappa shape index (κ1) is 16.6. The van der Waals surface area contributed by atoms with Crippen LogP contribution in [0.1, 0.15) is 0 Å². The lowest BCUT2D eigenvalue weighted by atomic mass is 10.3. The van der Waals surface area contributed by atoms with E-state index in [4.69, 9.17) is 0 Å². The minimum atomic E-state index is -3.64. The normalized spacial score (nSPS) is 12.2. The van der Waals surface area contributed by atoms with Crippen LogP contribution in [0.3, 0.4) is 0 Å². The summed E-state index contributed by atoms with van der Waals surface area (Å²) < 4.78 is 27.1. The molecule has 5 rings (SSSR count). The average molecular weight is 391 g/mol. The van der Waals surface area contributed by atoms with Crippen molar-refractivity contribution < 1.29 is 8.42 Å². The van der Waals surface area contributed by atoms with Crippen LogP contribution in [0.2, 0.25) is 0 Å². The highest BCUT2D eigenvalue weighted by atomic mass is 32.2. The average Bonchev–Trinajstić information content (AvgIpc) is 3.07. The van der Waals surface area contributed by atoms with Gasteiger partial charge in [0, 0.05) is 12.5 Å². The summed E-state index contributed by atoms with van der Waals surface area (Å²) >= 11 is 0. The maximum Gasteiger partial charge on any atom is 0.270 e. The highest BCUT2D eigenvalue weighted by Gasteiger charge is 2.20. The van der Waals surface area contributed by atoms with Crippen LogP contribution in [-0.4, -0.2) is 38.6 Å². The molecule has 0 saturated carbocycles. The summed E-state index contributed by atoms with van der Waals surface area (Å²) in [6.45, 7) is 0. The van der Waals surface area contributed by atoms with Gasteiger partial charge in [-0.3, -0.25) is 9.20 Å². The number of fused-ring (bicyclic) bond motifs is 5. The Morgan fingerprint density at radius 1 is 0.929 bits per heavy atom. The molecule has 3 heterocycles. The van der Waals surface area contributed by atoms with Gasteiger partial charge in [0.1, 0.15) is 5.39 Å². The summed E-state index contributed by atoms with van der Waals surface area (Å²) in [5.74, 6) is 0.350. The highest BCUT2D eigenvalue weighted by molar-refractivity contribution is 7.90. The first-order valence-electron chi connectivity index (χ1n) is 8.39. The lowest BCUT2D eigenvalue weighted by molar-refractivity contribution is 0.593. The number of hydrogen-bond acceptors (Lipinski definition) is 6. The topological polar surface area (TPSA) is 99.2 Å². The van der Waals surface area contributed by atoms with E-state index < -0.39 is 9.84 Å². The second-order valence-corrected chi connectivity index (χ2v) is 8.28. The number of para-hydroxylation sites is 3. The Morgan fingerprint density at radius 3 is 2.39 bits per heavy atom. The molecule has 0 aliphatic carbocycles. The molecule has 28 heavy (non-hydrogen) atoms. The van der Waals surface area contributed by atoms with Crippen LogP contribution in [0.25, 0.3) is 33.5 Å². The van der Waals surface area contributed by atoms with Crippen molar-refractivity contribution in [3.63, 3.8) is 0 Å². The molecule has 0 fully saturated rings.